The molecular weight excluding hydrogens is 230 g/mol. The van der Waals surface area contributed by atoms with Gasteiger partial charge in [0.25, 0.3) is 0 Å². The van der Waals surface area contributed by atoms with Gasteiger partial charge < -0.3 is 30.5 Å². The molecule has 0 aromatic carbocycles. The van der Waals surface area contributed by atoms with Gasteiger partial charge in [0.05, 0.1) is 31.5 Å². The molecule has 0 rings (SSSR count). The molecule has 0 aliphatic heterocycles. The summed E-state index contributed by atoms with van der Waals surface area (Å²) in [7, 11) is 0. The van der Waals surface area contributed by atoms with Gasteiger partial charge in [-0.15, -0.1) is 0 Å². The van der Waals surface area contributed by atoms with E-state index in [-0.39, 0.29) is 0 Å². The van der Waals surface area contributed by atoms with Crippen molar-refractivity contribution >= 4 is 6.09 Å². The zero-order chi connectivity index (χ0) is 13.6. The highest BCUT2D eigenvalue weighted by atomic mass is 16.6. The highest BCUT2D eigenvalue weighted by molar-refractivity contribution is 5.68. The molecule has 0 heterocycles. The minimum atomic E-state index is -1.38. The van der Waals surface area contributed by atoms with Crippen molar-refractivity contribution in [1.29, 1.82) is 0 Å². The molecule has 0 saturated carbocycles. The van der Waals surface area contributed by atoms with Crippen molar-refractivity contribution < 1.29 is 30.0 Å². The van der Waals surface area contributed by atoms with Gasteiger partial charge in [-0.1, -0.05) is 0 Å². The second-order valence-electron chi connectivity index (χ2n) is 4.67. The molecule has 0 aromatic heterocycles. The average Bonchev–Trinajstić information content (AvgIpc) is 2.21. The molecule has 3 atom stereocenters. The summed E-state index contributed by atoms with van der Waals surface area (Å²) in [6.45, 7) is 3.67. The summed E-state index contributed by atoms with van der Waals surface area (Å²) < 4.78 is 4.92. The molecule has 0 saturated heterocycles. The van der Waals surface area contributed by atoms with Crippen LogP contribution in [0.25, 0.3) is 0 Å². The zero-order valence-electron chi connectivity index (χ0n) is 10.3. The highest BCUT2D eigenvalue weighted by Crippen LogP contribution is 2.08. The van der Waals surface area contributed by atoms with E-state index >= 15 is 0 Å². The Morgan fingerprint density at radius 2 is 1.59 bits per heavy atom. The average molecular weight is 251 g/mol. The van der Waals surface area contributed by atoms with Crippen LogP contribution in [-0.2, 0) is 4.74 Å². The lowest BCUT2D eigenvalue weighted by atomic mass is 10.1. The molecule has 102 valence electrons. The molecule has 5 N–H and O–H groups in total. The number of rotatable bonds is 5. The van der Waals surface area contributed by atoms with Crippen molar-refractivity contribution in [3.63, 3.8) is 0 Å². The lowest BCUT2D eigenvalue weighted by Crippen LogP contribution is -2.54. The maximum Gasteiger partial charge on any atom is 0.408 e. The van der Waals surface area contributed by atoms with Crippen molar-refractivity contribution in [2.45, 2.75) is 44.6 Å². The molecule has 2 unspecified atom stereocenters. The monoisotopic (exact) mass is 251 g/mol. The standard InChI is InChI=1S/C10H21NO6/c1-10(2,3)17-9(16)11-8(6(14)4-12)7(15)5-13/h6-8,12-15H,4-5H2,1-3H3,(H,11,16)/t6-,7?,8?/m1/s1. The van der Waals surface area contributed by atoms with Crippen LogP contribution in [0.1, 0.15) is 20.8 Å². The van der Waals surface area contributed by atoms with Gasteiger partial charge in [-0.05, 0) is 20.8 Å². The second-order valence-corrected chi connectivity index (χ2v) is 4.67. The first-order valence-corrected chi connectivity index (χ1v) is 5.28. The maximum absolute atomic E-state index is 11.4. The number of nitrogens with one attached hydrogen (secondary N) is 1. The third-order valence-corrected chi connectivity index (χ3v) is 1.89. The molecule has 17 heavy (non-hydrogen) atoms. The number of hydrogen-bond acceptors (Lipinski definition) is 6. The number of carbonyl (C=O) groups excluding carboxylic acids is 1. The van der Waals surface area contributed by atoms with Gasteiger partial charge in [-0.2, -0.15) is 0 Å². The quantitative estimate of drug-likeness (QED) is 0.409. The first-order chi connectivity index (χ1) is 7.71. The van der Waals surface area contributed by atoms with Gasteiger partial charge in [0, 0.05) is 0 Å². The van der Waals surface area contributed by atoms with Gasteiger partial charge in [-0.25, -0.2) is 4.79 Å². The molecule has 0 bridgehead atoms. The molecule has 0 radical (unpaired) electrons. The van der Waals surface area contributed by atoms with E-state index in [1.165, 1.54) is 0 Å². The van der Waals surface area contributed by atoms with Crippen LogP contribution in [0.5, 0.6) is 0 Å². The van der Waals surface area contributed by atoms with Gasteiger partial charge >= 0.3 is 6.09 Å². The summed E-state index contributed by atoms with van der Waals surface area (Å²) in [5.41, 5.74) is -0.719. The van der Waals surface area contributed by atoms with E-state index < -0.39 is 43.2 Å². The van der Waals surface area contributed by atoms with Gasteiger partial charge in [0.2, 0.25) is 0 Å². The highest BCUT2D eigenvalue weighted by Gasteiger charge is 2.29. The van der Waals surface area contributed by atoms with Gasteiger partial charge in [0.1, 0.15) is 5.60 Å². The second kappa shape index (κ2) is 6.75. The Morgan fingerprint density at radius 1 is 1.18 bits per heavy atom. The fraction of sp³-hybridized carbons (Fsp3) is 0.900. The number of ether oxygens (including phenoxy) is 1. The smallest absolute Gasteiger partial charge is 0.408 e. The molecule has 7 nitrogen and oxygen atoms in total. The van der Waals surface area contributed by atoms with E-state index in [0.29, 0.717) is 0 Å². The van der Waals surface area contributed by atoms with Crippen LogP contribution >= 0.6 is 0 Å². The van der Waals surface area contributed by atoms with Crippen molar-refractivity contribution in [2.75, 3.05) is 13.2 Å². The lowest BCUT2D eigenvalue weighted by molar-refractivity contribution is -0.0206. The fourth-order valence-corrected chi connectivity index (χ4v) is 1.12. The van der Waals surface area contributed by atoms with E-state index in [2.05, 4.69) is 5.32 Å². The molecule has 0 aliphatic rings. The third-order valence-electron chi connectivity index (χ3n) is 1.89. The largest absolute Gasteiger partial charge is 0.444 e. The number of aliphatic hydroxyl groups excluding tert-OH is 4. The zero-order valence-corrected chi connectivity index (χ0v) is 10.3. The molecular formula is C10H21NO6. The van der Waals surface area contributed by atoms with Crippen molar-refractivity contribution in [2.24, 2.45) is 0 Å². The van der Waals surface area contributed by atoms with E-state index in [9.17, 15) is 15.0 Å². The van der Waals surface area contributed by atoms with Crippen LogP contribution in [0.3, 0.4) is 0 Å². The van der Waals surface area contributed by atoms with Crippen LogP contribution in [-0.4, -0.2) is 63.6 Å². The summed E-state index contributed by atoms with van der Waals surface area (Å²) in [4.78, 5) is 11.4. The van der Waals surface area contributed by atoms with Crippen molar-refractivity contribution in [3.8, 4) is 0 Å². The van der Waals surface area contributed by atoms with E-state index in [0.717, 1.165) is 0 Å². The summed E-state index contributed by atoms with van der Waals surface area (Å²) in [6, 6.07) is -1.19. The lowest BCUT2D eigenvalue weighted by Gasteiger charge is -2.28. The predicted octanol–water partition coefficient (Wildman–Crippen LogP) is -1.41. The number of hydrogen-bond donors (Lipinski definition) is 5. The number of amides is 1. The number of alkyl carbamates (subject to hydrolysis) is 1. The third kappa shape index (κ3) is 6.42. The van der Waals surface area contributed by atoms with E-state index in [1.54, 1.807) is 20.8 Å². The van der Waals surface area contributed by atoms with Crippen LogP contribution in [0.4, 0.5) is 4.79 Å². The number of carbonyl (C=O) groups is 1. The predicted molar refractivity (Wildman–Crippen MR) is 59.3 cm³/mol. The van der Waals surface area contributed by atoms with Crippen molar-refractivity contribution in [3.05, 3.63) is 0 Å². The summed E-state index contributed by atoms with van der Waals surface area (Å²) >= 11 is 0. The van der Waals surface area contributed by atoms with Gasteiger partial charge in [0.15, 0.2) is 0 Å². The number of aliphatic hydroxyl groups is 4. The molecule has 1 amide bonds. The summed E-state index contributed by atoms with van der Waals surface area (Å²) in [5.74, 6) is 0. The Hall–Kier alpha value is -0.890. The Morgan fingerprint density at radius 3 is 1.88 bits per heavy atom. The first kappa shape index (κ1) is 16.1. The minimum Gasteiger partial charge on any atom is -0.444 e. The molecule has 0 aliphatic carbocycles. The normalized spacial score (nSPS) is 17.1. The first-order valence-electron chi connectivity index (χ1n) is 5.28. The van der Waals surface area contributed by atoms with Crippen molar-refractivity contribution in [1.82, 2.24) is 5.32 Å². The van der Waals surface area contributed by atoms with Crippen LogP contribution < -0.4 is 5.32 Å². The molecule has 0 spiro atoms. The molecule has 7 heteroatoms. The van der Waals surface area contributed by atoms with Crippen LogP contribution in [0.2, 0.25) is 0 Å². The maximum atomic E-state index is 11.4. The Bertz CT molecular complexity index is 229. The Kier molecular flexibility index (Phi) is 6.40. The van der Waals surface area contributed by atoms with E-state index in [4.69, 9.17) is 14.9 Å². The topological polar surface area (TPSA) is 119 Å². The van der Waals surface area contributed by atoms with Gasteiger partial charge in [-0.3, -0.25) is 0 Å². The van der Waals surface area contributed by atoms with Crippen LogP contribution in [0.15, 0.2) is 0 Å². The summed E-state index contributed by atoms with van der Waals surface area (Å²) in [6.07, 6.45) is -3.61. The van der Waals surface area contributed by atoms with Crippen LogP contribution in [0, 0.1) is 0 Å². The minimum absolute atomic E-state index is 0.655. The fourth-order valence-electron chi connectivity index (χ4n) is 1.12. The Labute approximate surface area is 100 Å². The summed E-state index contributed by atoms with van der Waals surface area (Å²) in [5, 5.41) is 38.5. The molecule has 0 aromatic rings. The van der Waals surface area contributed by atoms with E-state index in [1.807, 2.05) is 0 Å². The Balaban J connectivity index is 4.48. The SMILES string of the molecule is CC(C)(C)OC(=O)NC(C(O)CO)[C@H](O)CO. The molecule has 0 fully saturated rings.